The number of nitrogens with one attached hydrogen (secondary N) is 3. The second-order valence-electron chi connectivity index (χ2n) is 12.4. The molecule has 8 bridgehead atoms. The molecule has 53 heavy (non-hydrogen) atoms. The van der Waals surface area contributed by atoms with Gasteiger partial charge in [-0.1, -0.05) is 36.4 Å². The highest BCUT2D eigenvalue weighted by Gasteiger charge is 2.17. The van der Waals surface area contributed by atoms with Gasteiger partial charge in [0, 0.05) is 44.3 Å². The van der Waals surface area contributed by atoms with Crippen molar-refractivity contribution in [2.45, 2.75) is 0 Å². The number of aromatic nitrogens is 4. The summed E-state index contributed by atoms with van der Waals surface area (Å²) in [5.41, 5.74) is 12.9. The summed E-state index contributed by atoms with van der Waals surface area (Å²) in [6, 6.07) is 33.9. The maximum Gasteiger partial charge on any atom is 0.337 e. The van der Waals surface area contributed by atoms with E-state index in [1.165, 1.54) is 21.3 Å². The second-order valence-corrected chi connectivity index (χ2v) is 12.4. The van der Waals surface area contributed by atoms with Gasteiger partial charge in [0.1, 0.15) is 0 Å². The molecule has 0 saturated carbocycles. The molecule has 0 radical (unpaired) electrons. The number of rotatable bonds is 6. The zero-order chi connectivity index (χ0) is 36.6. The summed E-state index contributed by atoms with van der Waals surface area (Å²) in [5.74, 6) is -1.25. The highest BCUT2D eigenvalue weighted by Crippen LogP contribution is 2.36. The van der Waals surface area contributed by atoms with E-state index in [-0.39, 0.29) is 0 Å². The van der Waals surface area contributed by atoms with Crippen molar-refractivity contribution in [3.63, 3.8) is 0 Å². The molecule has 7 aromatic rings. The van der Waals surface area contributed by atoms with Crippen molar-refractivity contribution >= 4 is 63.2 Å². The Morgan fingerprint density at radius 1 is 0.396 bits per heavy atom. The van der Waals surface area contributed by atoms with Crippen LogP contribution in [0, 0.1) is 0 Å². The minimum Gasteiger partial charge on any atom is -0.465 e. The van der Waals surface area contributed by atoms with Crippen molar-refractivity contribution in [2.24, 2.45) is 0 Å². The lowest BCUT2D eigenvalue weighted by atomic mass is 10.0. The number of esters is 3. The van der Waals surface area contributed by atoms with Gasteiger partial charge in [0.05, 0.1) is 54.9 Å². The van der Waals surface area contributed by atoms with Crippen LogP contribution in [0.4, 0.5) is 0 Å². The fraction of sp³-hybridized carbons (Fsp3) is 0.0698. The van der Waals surface area contributed by atoms with Crippen molar-refractivity contribution in [3.8, 4) is 33.4 Å². The van der Waals surface area contributed by atoms with E-state index < -0.39 is 17.9 Å². The van der Waals surface area contributed by atoms with Gasteiger partial charge in [0.2, 0.25) is 0 Å². The van der Waals surface area contributed by atoms with Crippen LogP contribution in [0.5, 0.6) is 0 Å². The molecule has 3 N–H and O–H groups in total. The number of nitrogens with zero attached hydrogens (tertiary/aromatic N) is 1. The Balaban J connectivity index is 1.46. The molecule has 10 nitrogen and oxygen atoms in total. The minimum atomic E-state index is -0.422. The predicted octanol–water partition coefficient (Wildman–Crippen LogP) is 9.06. The maximum absolute atomic E-state index is 12.3. The third kappa shape index (κ3) is 6.02. The number of benzene rings is 3. The van der Waals surface area contributed by atoms with Gasteiger partial charge in [-0.15, -0.1) is 0 Å². The van der Waals surface area contributed by atoms with E-state index in [9.17, 15) is 14.4 Å². The smallest absolute Gasteiger partial charge is 0.337 e. The van der Waals surface area contributed by atoms with Gasteiger partial charge in [-0.25, -0.2) is 19.4 Å². The first-order valence-electron chi connectivity index (χ1n) is 16.8. The van der Waals surface area contributed by atoms with Crippen LogP contribution in [0.25, 0.3) is 78.6 Å². The number of ether oxygens (including phenoxy) is 3. The van der Waals surface area contributed by atoms with Crippen LogP contribution in [-0.4, -0.2) is 59.2 Å². The van der Waals surface area contributed by atoms with Crippen LogP contribution >= 0.6 is 0 Å². The molecule has 1 aliphatic heterocycles. The Hall–Kier alpha value is -7.20. The molecule has 0 unspecified atom stereocenters. The molecule has 3 aromatic carbocycles. The lowest BCUT2D eigenvalue weighted by Crippen LogP contribution is -2.00. The molecule has 1 aliphatic rings. The summed E-state index contributed by atoms with van der Waals surface area (Å²) in [6.07, 6.45) is 3.95. The molecule has 4 aromatic heterocycles. The van der Waals surface area contributed by atoms with E-state index in [2.05, 4.69) is 15.0 Å². The number of carbonyl (C=O) groups is 3. The van der Waals surface area contributed by atoms with Crippen LogP contribution in [0.2, 0.25) is 0 Å². The number of methoxy groups -OCH3 is 3. The third-order valence-corrected chi connectivity index (χ3v) is 9.36. The van der Waals surface area contributed by atoms with Crippen LogP contribution < -0.4 is 0 Å². The maximum atomic E-state index is 12.3. The Morgan fingerprint density at radius 2 is 0.698 bits per heavy atom. The molecule has 10 heteroatoms. The zero-order valence-electron chi connectivity index (χ0n) is 28.9. The van der Waals surface area contributed by atoms with Gasteiger partial charge >= 0.3 is 17.9 Å². The summed E-state index contributed by atoms with van der Waals surface area (Å²) >= 11 is 0. The van der Waals surface area contributed by atoms with Crippen LogP contribution in [0.3, 0.4) is 0 Å². The van der Waals surface area contributed by atoms with E-state index in [1.807, 2.05) is 84.9 Å². The Bertz CT molecular complexity index is 2720. The zero-order valence-corrected chi connectivity index (χ0v) is 28.9. The minimum absolute atomic E-state index is 0.413. The van der Waals surface area contributed by atoms with Gasteiger partial charge in [0.15, 0.2) is 0 Å². The number of hydrogen-bond acceptors (Lipinski definition) is 7. The highest BCUT2D eigenvalue weighted by atomic mass is 16.5. The predicted molar refractivity (Wildman–Crippen MR) is 206 cm³/mol. The molecule has 0 fully saturated rings. The lowest BCUT2D eigenvalue weighted by molar-refractivity contribution is 0.0592. The fourth-order valence-corrected chi connectivity index (χ4v) is 6.74. The number of aromatic amines is 3. The summed E-state index contributed by atoms with van der Waals surface area (Å²) < 4.78 is 14.8. The van der Waals surface area contributed by atoms with Gasteiger partial charge in [0.25, 0.3) is 0 Å². The summed E-state index contributed by atoms with van der Waals surface area (Å²) in [6.45, 7) is 0. The van der Waals surface area contributed by atoms with Crippen molar-refractivity contribution in [2.75, 3.05) is 21.3 Å². The number of fused-ring (bicyclic) bond motifs is 9. The van der Waals surface area contributed by atoms with E-state index in [0.29, 0.717) is 16.7 Å². The first-order chi connectivity index (χ1) is 25.8. The molecule has 0 atom stereocenters. The number of H-pyrrole nitrogens is 3. The molecule has 0 spiro atoms. The normalized spacial score (nSPS) is 11.5. The topological polar surface area (TPSA) is 139 Å². The second kappa shape index (κ2) is 13.5. The standard InChI is InChI=1S/C43H32N4O6/c1-51-41(48)27-10-4-24(5-11-27)38-32-18-16-30(44-32)31-17-19-33(45-31)39(25-6-12-28(13-7-25)42(49)52-2)35-21-23-37(47-35)40(36-22-20-34(38)46-36)26-8-14-29(15-9-26)43(50)53-3/h4-23,44,46-47H,1-3H3. The first kappa shape index (κ1) is 33.0. The van der Waals surface area contributed by atoms with Crippen molar-refractivity contribution in [1.82, 2.24) is 19.9 Å². The van der Waals surface area contributed by atoms with Crippen LogP contribution in [-0.2, 0) is 14.2 Å². The number of carbonyl (C=O) groups excluding carboxylic acids is 3. The molecule has 5 heterocycles. The summed E-state index contributed by atoms with van der Waals surface area (Å²) in [5, 5.41) is 0. The SMILES string of the molecule is COC(=O)c1ccc(-c2c3nc(c4ccc([nH]4)c(-c4ccc(C(=O)OC)cc4)c4ccc([nH]4)c(-c4ccc(C(=O)OC)cc4)c4ccc2[nH]4)C=C3)cc1. The summed E-state index contributed by atoms with van der Waals surface area (Å²) in [7, 11) is 4.08. The van der Waals surface area contributed by atoms with Gasteiger partial charge < -0.3 is 29.2 Å². The molecular formula is C43H32N4O6. The Labute approximate surface area is 303 Å². The largest absolute Gasteiger partial charge is 0.465 e. The molecule has 0 saturated heterocycles. The average molecular weight is 701 g/mol. The molecule has 8 rings (SSSR count). The van der Waals surface area contributed by atoms with Crippen molar-refractivity contribution < 1.29 is 28.6 Å². The highest BCUT2D eigenvalue weighted by molar-refractivity contribution is 6.01. The fourth-order valence-electron chi connectivity index (χ4n) is 6.74. The van der Waals surface area contributed by atoms with E-state index in [1.54, 1.807) is 36.4 Å². The number of hydrogen-bond donors (Lipinski definition) is 3. The van der Waals surface area contributed by atoms with Crippen LogP contribution in [0.15, 0.2) is 109 Å². The van der Waals surface area contributed by atoms with E-state index in [4.69, 9.17) is 19.2 Å². The first-order valence-corrected chi connectivity index (χ1v) is 16.8. The van der Waals surface area contributed by atoms with Crippen molar-refractivity contribution in [3.05, 3.63) is 137 Å². The Kier molecular flexibility index (Phi) is 8.40. The van der Waals surface area contributed by atoms with Gasteiger partial charge in [-0.3, -0.25) is 0 Å². The van der Waals surface area contributed by atoms with Crippen molar-refractivity contribution in [1.29, 1.82) is 0 Å². The van der Waals surface area contributed by atoms with Gasteiger partial charge in [-0.05, 0) is 102 Å². The molecule has 0 aliphatic carbocycles. The van der Waals surface area contributed by atoms with E-state index in [0.717, 1.165) is 77.9 Å². The van der Waals surface area contributed by atoms with E-state index >= 15 is 0 Å². The molecular weight excluding hydrogens is 668 g/mol. The van der Waals surface area contributed by atoms with Crippen LogP contribution in [0.1, 0.15) is 42.5 Å². The average Bonchev–Trinajstić information content (AvgIpc) is 4.04. The quantitative estimate of drug-likeness (QED) is 0.116. The summed E-state index contributed by atoms with van der Waals surface area (Å²) in [4.78, 5) is 52.9. The molecule has 0 amide bonds. The monoisotopic (exact) mass is 700 g/mol. The molecule has 260 valence electrons. The lowest BCUT2D eigenvalue weighted by Gasteiger charge is -2.07. The third-order valence-electron chi connectivity index (χ3n) is 9.36. The Morgan fingerprint density at radius 3 is 1.08 bits per heavy atom. The van der Waals surface area contributed by atoms with Gasteiger partial charge in [-0.2, -0.15) is 0 Å².